The van der Waals surface area contributed by atoms with Crippen molar-refractivity contribution in [3.63, 3.8) is 0 Å². The number of halogens is 2. The Bertz CT molecular complexity index is 469. The fourth-order valence-electron chi connectivity index (χ4n) is 0.976. The molecule has 7 heteroatoms. The average Bonchev–Trinajstić information content (AvgIpc) is 2.46. The summed E-state index contributed by atoms with van der Waals surface area (Å²) in [7, 11) is 0. The first-order valence-electron chi connectivity index (χ1n) is 3.67. The van der Waals surface area contributed by atoms with Crippen LogP contribution in [0.5, 0.6) is 0 Å². The monoisotopic (exact) mass is 257 g/mol. The van der Waals surface area contributed by atoms with Crippen molar-refractivity contribution in [3.8, 4) is 5.82 Å². The van der Waals surface area contributed by atoms with E-state index in [1.54, 1.807) is 0 Å². The van der Waals surface area contributed by atoms with E-state index >= 15 is 0 Å². The number of nitrogens with two attached hydrogens (primary N) is 1. The van der Waals surface area contributed by atoms with Gasteiger partial charge in [-0.15, -0.1) is 5.10 Å². The number of hydrogen-bond donors (Lipinski definition) is 1. The summed E-state index contributed by atoms with van der Waals surface area (Å²) in [5.41, 5.74) is 5.34. The molecule has 0 spiro atoms. The number of rotatable bonds is 1. The second kappa shape index (κ2) is 3.33. The molecule has 0 fully saturated rings. The molecular weight excluding hydrogens is 253 g/mol. The van der Waals surface area contributed by atoms with Gasteiger partial charge < -0.3 is 5.73 Å². The first-order valence-corrected chi connectivity index (χ1v) is 4.46. The number of aromatic nitrogens is 4. The maximum absolute atomic E-state index is 13.3. The average molecular weight is 258 g/mol. The molecule has 2 heterocycles. The first-order chi connectivity index (χ1) is 6.68. The Kier molecular flexibility index (Phi) is 2.16. The third-order valence-corrected chi connectivity index (χ3v) is 2.04. The van der Waals surface area contributed by atoms with Crippen molar-refractivity contribution < 1.29 is 4.39 Å². The van der Waals surface area contributed by atoms with Crippen LogP contribution in [0, 0.1) is 5.82 Å². The summed E-state index contributed by atoms with van der Waals surface area (Å²) < 4.78 is 14.7. The van der Waals surface area contributed by atoms with E-state index < -0.39 is 5.82 Å². The molecule has 0 unspecified atom stereocenters. The zero-order valence-corrected chi connectivity index (χ0v) is 8.44. The minimum Gasteiger partial charge on any atom is -0.366 e. The van der Waals surface area contributed by atoms with Crippen LogP contribution >= 0.6 is 15.9 Å². The topological polar surface area (TPSA) is 69.6 Å². The molecule has 0 saturated carbocycles. The Hall–Kier alpha value is -1.50. The highest BCUT2D eigenvalue weighted by molar-refractivity contribution is 9.10. The minimum absolute atomic E-state index is 0.0573. The van der Waals surface area contributed by atoms with Gasteiger partial charge in [0.15, 0.2) is 11.6 Å². The molecule has 0 atom stereocenters. The summed E-state index contributed by atoms with van der Waals surface area (Å²) in [6.07, 6.45) is 1.46. The maximum Gasteiger partial charge on any atom is 0.241 e. The molecule has 0 saturated heterocycles. The Morgan fingerprint density at radius 2 is 2.29 bits per heavy atom. The molecule has 0 aliphatic carbocycles. The van der Waals surface area contributed by atoms with Gasteiger partial charge in [0.05, 0.1) is 0 Å². The maximum atomic E-state index is 13.3. The van der Waals surface area contributed by atoms with Crippen LogP contribution in [0.2, 0.25) is 0 Å². The molecular formula is C7H5BrFN5. The molecule has 0 aliphatic rings. The molecule has 72 valence electrons. The van der Waals surface area contributed by atoms with Crippen molar-refractivity contribution in [1.82, 2.24) is 19.7 Å². The van der Waals surface area contributed by atoms with Gasteiger partial charge in [-0.1, -0.05) is 0 Å². The predicted molar refractivity (Wildman–Crippen MR) is 51.2 cm³/mol. The smallest absolute Gasteiger partial charge is 0.241 e. The quantitative estimate of drug-likeness (QED) is 0.832. The van der Waals surface area contributed by atoms with Gasteiger partial charge in [-0.2, -0.15) is 9.67 Å². The third kappa shape index (κ3) is 1.46. The molecule has 0 aromatic carbocycles. The van der Waals surface area contributed by atoms with E-state index in [4.69, 9.17) is 5.73 Å². The van der Waals surface area contributed by atoms with E-state index in [2.05, 4.69) is 31.0 Å². The summed E-state index contributed by atoms with van der Waals surface area (Å²) in [6, 6.07) is 2.78. The van der Waals surface area contributed by atoms with Gasteiger partial charge in [0.25, 0.3) is 0 Å². The van der Waals surface area contributed by atoms with Crippen LogP contribution in [0.25, 0.3) is 5.82 Å². The number of nitrogen functional groups attached to an aromatic ring is 1. The zero-order valence-electron chi connectivity index (χ0n) is 6.85. The largest absolute Gasteiger partial charge is 0.366 e. The van der Waals surface area contributed by atoms with Gasteiger partial charge in [-0.3, -0.25) is 0 Å². The van der Waals surface area contributed by atoms with Crippen LogP contribution in [0.4, 0.5) is 10.3 Å². The lowest BCUT2D eigenvalue weighted by molar-refractivity contribution is 0.598. The van der Waals surface area contributed by atoms with Gasteiger partial charge in [-0.25, -0.2) is 9.37 Å². The standard InChI is InChI=1S/C7H5BrFN5/c8-6-12-7(10)13-14(6)5-4(9)2-1-3-11-5/h1-3H,(H2,10,13). The van der Waals surface area contributed by atoms with E-state index in [0.29, 0.717) is 4.73 Å². The number of nitrogens with zero attached hydrogens (tertiary/aromatic N) is 4. The highest BCUT2D eigenvalue weighted by Gasteiger charge is 2.11. The van der Waals surface area contributed by atoms with E-state index in [1.165, 1.54) is 23.0 Å². The Morgan fingerprint density at radius 3 is 2.86 bits per heavy atom. The fourth-order valence-corrected chi connectivity index (χ4v) is 1.40. The van der Waals surface area contributed by atoms with Crippen LogP contribution < -0.4 is 5.73 Å². The second-order valence-corrected chi connectivity index (χ2v) is 3.17. The predicted octanol–water partition coefficient (Wildman–Crippen LogP) is 1.15. The molecule has 5 nitrogen and oxygen atoms in total. The van der Waals surface area contributed by atoms with Crippen molar-refractivity contribution in [2.45, 2.75) is 0 Å². The van der Waals surface area contributed by atoms with Crippen LogP contribution in [0.1, 0.15) is 0 Å². The van der Waals surface area contributed by atoms with Gasteiger partial charge in [0.2, 0.25) is 10.7 Å². The lowest BCUT2D eigenvalue weighted by Gasteiger charge is -2.00. The molecule has 0 aliphatic heterocycles. The fraction of sp³-hybridized carbons (Fsp3) is 0. The Morgan fingerprint density at radius 1 is 1.50 bits per heavy atom. The van der Waals surface area contributed by atoms with Crippen LogP contribution in [-0.2, 0) is 0 Å². The van der Waals surface area contributed by atoms with Crippen molar-refractivity contribution >= 4 is 21.9 Å². The van der Waals surface area contributed by atoms with E-state index in [1.807, 2.05) is 0 Å². The highest BCUT2D eigenvalue weighted by atomic mass is 79.9. The van der Waals surface area contributed by atoms with Crippen LogP contribution in [-0.4, -0.2) is 19.7 Å². The molecule has 2 aromatic rings. The normalized spacial score (nSPS) is 10.4. The zero-order chi connectivity index (χ0) is 10.1. The molecule has 2 aromatic heterocycles. The molecule has 0 amide bonds. The number of hydrogen-bond acceptors (Lipinski definition) is 4. The molecule has 0 bridgehead atoms. The summed E-state index contributed by atoms with van der Waals surface area (Å²) in [5.74, 6) is -0.372. The van der Waals surface area contributed by atoms with E-state index in [-0.39, 0.29) is 11.8 Å². The van der Waals surface area contributed by atoms with Gasteiger partial charge >= 0.3 is 0 Å². The third-order valence-electron chi connectivity index (χ3n) is 1.52. The molecule has 2 rings (SSSR count). The Balaban J connectivity index is 2.60. The van der Waals surface area contributed by atoms with Gasteiger partial charge in [-0.05, 0) is 28.1 Å². The van der Waals surface area contributed by atoms with Gasteiger partial charge in [0, 0.05) is 6.20 Å². The van der Waals surface area contributed by atoms with E-state index in [0.717, 1.165) is 0 Å². The van der Waals surface area contributed by atoms with Crippen molar-refractivity contribution in [2.24, 2.45) is 0 Å². The van der Waals surface area contributed by atoms with Crippen molar-refractivity contribution in [2.75, 3.05) is 5.73 Å². The molecule has 2 N–H and O–H groups in total. The highest BCUT2D eigenvalue weighted by Crippen LogP contribution is 2.15. The van der Waals surface area contributed by atoms with Crippen LogP contribution in [0.15, 0.2) is 23.1 Å². The second-order valence-electron chi connectivity index (χ2n) is 2.46. The number of anilines is 1. The lowest BCUT2D eigenvalue weighted by atomic mass is 10.4. The minimum atomic E-state index is -0.488. The van der Waals surface area contributed by atoms with Crippen molar-refractivity contribution in [1.29, 1.82) is 0 Å². The Labute approximate surface area is 86.9 Å². The van der Waals surface area contributed by atoms with E-state index in [9.17, 15) is 4.39 Å². The van der Waals surface area contributed by atoms with Gasteiger partial charge in [0.1, 0.15) is 0 Å². The summed E-state index contributed by atoms with van der Waals surface area (Å²) >= 11 is 3.09. The molecule has 0 radical (unpaired) electrons. The lowest BCUT2D eigenvalue weighted by Crippen LogP contribution is -2.03. The molecule has 14 heavy (non-hydrogen) atoms. The SMILES string of the molecule is Nc1nc(Br)n(-c2ncccc2F)n1. The van der Waals surface area contributed by atoms with Crippen molar-refractivity contribution in [3.05, 3.63) is 28.9 Å². The summed E-state index contributed by atoms with van der Waals surface area (Å²) in [6.45, 7) is 0. The van der Waals surface area contributed by atoms with Crippen LogP contribution in [0.3, 0.4) is 0 Å². The summed E-state index contributed by atoms with van der Waals surface area (Å²) in [5, 5.41) is 3.78. The number of pyridine rings is 1. The first kappa shape index (κ1) is 9.07. The summed E-state index contributed by atoms with van der Waals surface area (Å²) in [4.78, 5) is 7.59.